The van der Waals surface area contributed by atoms with E-state index in [4.69, 9.17) is 4.74 Å². The standard InChI is InChI=1S/C27H38N2O3/c1-17-8-9-18(2)22(14-17)29-12-10-28(11-13-29)16-21-24-23(32-26(21)31)15-20-7-5-6-19(3)27(20,4)25(24)30/h7-9,14,19,21,23-25,30H,5-6,10-13,15-16H2,1-4H3/t19-,21?,23+,24+,25-,27+/m0/s1. The minimum atomic E-state index is -0.518. The van der Waals surface area contributed by atoms with Crippen LogP contribution in [0.2, 0.25) is 0 Å². The normalized spacial score (nSPS) is 37.5. The van der Waals surface area contributed by atoms with Crippen LogP contribution in [0.3, 0.4) is 0 Å². The molecule has 0 radical (unpaired) electrons. The van der Waals surface area contributed by atoms with Gasteiger partial charge in [0.1, 0.15) is 6.10 Å². The lowest BCUT2D eigenvalue weighted by atomic mass is 9.55. The van der Waals surface area contributed by atoms with Gasteiger partial charge in [0.25, 0.3) is 0 Å². The van der Waals surface area contributed by atoms with Crippen LogP contribution in [0.15, 0.2) is 29.8 Å². The van der Waals surface area contributed by atoms with Crippen molar-refractivity contribution in [3.63, 3.8) is 0 Å². The van der Waals surface area contributed by atoms with Crippen molar-refractivity contribution in [3.05, 3.63) is 41.0 Å². The summed E-state index contributed by atoms with van der Waals surface area (Å²) in [5, 5.41) is 11.6. The van der Waals surface area contributed by atoms with Gasteiger partial charge in [-0.25, -0.2) is 0 Å². The van der Waals surface area contributed by atoms with Crippen molar-refractivity contribution in [2.75, 3.05) is 37.6 Å². The number of hydrogen-bond donors (Lipinski definition) is 1. The molecule has 1 aromatic rings. The average molecular weight is 439 g/mol. The van der Waals surface area contributed by atoms with E-state index in [1.54, 1.807) is 0 Å². The minimum Gasteiger partial charge on any atom is -0.461 e. The number of nitrogens with zero attached hydrogens (tertiary/aromatic N) is 2. The first-order valence-corrected chi connectivity index (χ1v) is 12.4. The van der Waals surface area contributed by atoms with Crippen molar-refractivity contribution >= 4 is 11.7 Å². The molecular formula is C27H38N2O3. The molecule has 0 aromatic heterocycles. The number of aliphatic hydroxyl groups excluding tert-OH is 1. The molecule has 6 atom stereocenters. The SMILES string of the molecule is Cc1ccc(C)c(N2CCN(CC3C(=O)O[C@@H]4CC5=CCC[C@H](C)[C@@]5(C)[C@@H](O)[C@H]34)CC2)c1. The predicted octanol–water partition coefficient (Wildman–Crippen LogP) is 3.71. The van der Waals surface area contributed by atoms with E-state index in [9.17, 15) is 9.90 Å². The highest BCUT2D eigenvalue weighted by molar-refractivity contribution is 5.76. The number of benzene rings is 1. The Kier molecular flexibility index (Phi) is 5.61. The zero-order chi connectivity index (χ0) is 22.6. The molecule has 2 aliphatic carbocycles. The maximum absolute atomic E-state index is 12.9. The van der Waals surface area contributed by atoms with Gasteiger partial charge in [0, 0.05) is 56.2 Å². The number of fused-ring (bicyclic) bond motifs is 2. The van der Waals surface area contributed by atoms with Gasteiger partial charge in [-0.2, -0.15) is 0 Å². The van der Waals surface area contributed by atoms with Crippen molar-refractivity contribution in [2.24, 2.45) is 23.2 Å². The van der Waals surface area contributed by atoms with E-state index >= 15 is 0 Å². The molecule has 2 saturated heterocycles. The lowest BCUT2D eigenvalue weighted by Crippen LogP contribution is -2.55. The number of rotatable bonds is 3. The van der Waals surface area contributed by atoms with Crippen LogP contribution in [0.5, 0.6) is 0 Å². The zero-order valence-corrected chi connectivity index (χ0v) is 20.0. The van der Waals surface area contributed by atoms with Gasteiger partial charge in [-0.3, -0.25) is 9.69 Å². The van der Waals surface area contributed by atoms with E-state index in [1.165, 1.54) is 22.4 Å². The highest BCUT2D eigenvalue weighted by atomic mass is 16.6. The first kappa shape index (κ1) is 22.0. The molecule has 174 valence electrons. The van der Waals surface area contributed by atoms with E-state index in [-0.39, 0.29) is 29.3 Å². The highest BCUT2D eigenvalue weighted by Gasteiger charge is 2.59. The number of aliphatic hydroxyl groups is 1. The molecule has 1 saturated carbocycles. The Morgan fingerprint density at radius 1 is 1.19 bits per heavy atom. The van der Waals surface area contributed by atoms with Gasteiger partial charge in [0.15, 0.2) is 0 Å². The number of esters is 1. The molecule has 4 aliphatic rings. The summed E-state index contributed by atoms with van der Waals surface area (Å²) in [7, 11) is 0. The summed E-state index contributed by atoms with van der Waals surface area (Å²) in [6.07, 6.45) is 4.59. The number of piperazine rings is 1. The first-order valence-electron chi connectivity index (χ1n) is 12.4. The fraction of sp³-hybridized carbons (Fsp3) is 0.667. The third kappa shape index (κ3) is 3.49. The van der Waals surface area contributed by atoms with E-state index in [2.05, 4.69) is 61.8 Å². The number of carbonyl (C=O) groups excluding carboxylic acids is 1. The predicted molar refractivity (Wildman–Crippen MR) is 127 cm³/mol. The van der Waals surface area contributed by atoms with Gasteiger partial charge in [-0.1, -0.05) is 37.6 Å². The second-order valence-corrected chi connectivity index (χ2v) is 10.9. The van der Waals surface area contributed by atoms with Gasteiger partial charge in [-0.15, -0.1) is 0 Å². The van der Waals surface area contributed by atoms with Gasteiger partial charge < -0.3 is 14.7 Å². The molecular weight excluding hydrogens is 400 g/mol. The van der Waals surface area contributed by atoms with Crippen molar-refractivity contribution in [1.29, 1.82) is 0 Å². The number of carbonyl (C=O) groups is 1. The summed E-state index contributed by atoms with van der Waals surface area (Å²) in [6.45, 7) is 13.3. The Balaban J connectivity index is 1.28. The van der Waals surface area contributed by atoms with Crippen LogP contribution in [-0.4, -0.2) is 60.9 Å². The van der Waals surface area contributed by atoms with E-state index in [1.807, 2.05) is 0 Å². The number of ether oxygens (including phenoxy) is 1. The zero-order valence-electron chi connectivity index (χ0n) is 20.0. The van der Waals surface area contributed by atoms with E-state index in [0.29, 0.717) is 12.5 Å². The lowest BCUT2D eigenvalue weighted by Gasteiger charge is -2.52. The number of allylic oxidation sites excluding steroid dienone is 1. The third-order valence-electron chi connectivity index (χ3n) is 9.10. The molecule has 2 aliphatic heterocycles. The number of aryl methyl sites for hydroxylation is 2. The van der Waals surface area contributed by atoms with E-state index < -0.39 is 6.10 Å². The lowest BCUT2D eigenvalue weighted by molar-refractivity contribution is -0.145. The summed E-state index contributed by atoms with van der Waals surface area (Å²) >= 11 is 0. The second kappa shape index (κ2) is 8.18. The molecule has 2 heterocycles. The van der Waals surface area contributed by atoms with Crippen molar-refractivity contribution < 1.29 is 14.6 Å². The summed E-state index contributed by atoms with van der Waals surface area (Å²) in [6, 6.07) is 6.64. The molecule has 0 bridgehead atoms. The molecule has 32 heavy (non-hydrogen) atoms. The smallest absolute Gasteiger partial charge is 0.311 e. The highest BCUT2D eigenvalue weighted by Crippen LogP contribution is 2.56. The Morgan fingerprint density at radius 2 is 1.94 bits per heavy atom. The monoisotopic (exact) mass is 438 g/mol. The first-order chi connectivity index (χ1) is 15.3. The quantitative estimate of drug-likeness (QED) is 0.576. The largest absolute Gasteiger partial charge is 0.461 e. The molecule has 1 N–H and O–H groups in total. The van der Waals surface area contributed by atoms with Crippen molar-refractivity contribution in [1.82, 2.24) is 4.90 Å². The fourth-order valence-electron chi connectivity index (χ4n) is 6.78. The van der Waals surface area contributed by atoms with Crippen LogP contribution in [0.1, 0.15) is 44.2 Å². The molecule has 0 amide bonds. The van der Waals surface area contributed by atoms with Crippen molar-refractivity contribution in [3.8, 4) is 0 Å². The number of anilines is 1. The fourth-order valence-corrected chi connectivity index (χ4v) is 6.78. The summed E-state index contributed by atoms with van der Waals surface area (Å²) < 4.78 is 5.86. The van der Waals surface area contributed by atoms with Gasteiger partial charge in [-0.05, 0) is 49.8 Å². The molecule has 5 nitrogen and oxygen atoms in total. The molecule has 5 rings (SSSR count). The number of hydrogen-bond acceptors (Lipinski definition) is 5. The Hall–Kier alpha value is -1.85. The second-order valence-electron chi connectivity index (χ2n) is 10.9. The van der Waals surface area contributed by atoms with Crippen LogP contribution in [0.4, 0.5) is 5.69 Å². The van der Waals surface area contributed by atoms with Gasteiger partial charge in [0.05, 0.1) is 12.0 Å². The third-order valence-corrected chi connectivity index (χ3v) is 9.10. The average Bonchev–Trinajstić information content (AvgIpc) is 3.08. The summed E-state index contributed by atoms with van der Waals surface area (Å²) in [5.41, 5.74) is 5.01. The van der Waals surface area contributed by atoms with Crippen LogP contribution in [0.25, 0.3) is 0 Å². The van der Waals surface area contributed by atoms with Crippen LogP contribution in [-0.2, 0) is 9.53 Å². The minimum absolute atomic E-state index is 0.0951. The Bertz CT molecular complexity index is 919. The topological polar surface area (TPSA) is 53.0 Å². The Morgan fingerprint density at radius 3 is 2.69 bits per heavy atom. The molecule has 3 fully saturated rings. The Labute approximate surface area is 192 Å². The summed E-state index contributed by atoms with van der Waals surface area (Å²) in [5.74, 6) is -0.000529. The van der Waals surface area contributed by atoms with Gasteiger partial charge in [0.2, 0.25) is 0 Å². The maximum atomic E-state index is 12.9. The van der Waals surface area contributed by atoms with E-state index in [0.717, 1.165) is 45.4 Å². The van der Waals surface area contributed by atoms with Crippen LogP contribution in [0, 0.1) is 37.0 Å². The maximum Gasteiger partial charge on any atom is 0.311 e. The van der Waals surface area contributed by atoms with Crippen LogP contribution < -0.4 is 4.90 Å². The summed E-state index contributed by atoms with van der Waals surface area (Å²) in [4.78, 5) is 17.8. The van der Waals surface area contributed by atoms with Gasteiger partial charge >= 0.3 is 5.97 Å². The molecule has 5 heteroatoms. The van der Waals surface area contributed by atoms with Crippen molar-refractivity contribution in [2.45, 2.75) is 59.2 Å². The van der Waals surface area contributed by atoms with Crippen LogP contribution >= 0.6 is 0 Å². The molecule has 1 unspecified atom stereocenters. The molecule has 0 spiro atoms. The molecule has 1 aromatic carbocycles.